The molecule has 0 aliphatic heterocycles. The van der Waals surface area contributed by atoms with Crippen LogP contribution in [0.2, 0.25) is 0 Å². The fourth-order valence-corrected chi connectivity index (χ4v) is 4.90. The summed E-state index contributed by atoms with van der Waals surface area (Å²) in [6, 6.07) is 32.7. The molecular weight excluding hydrogens is 544 g/mol. The Bertz CT molecular complexity index is 1100. The van der Waals surface area contributed by atoms with Gasteiger partial charge < -0.3 is 14.2 Å². The molecule has 0 spiro atoms. The van der Waals surface area contributed by atoms with E-state index in [2.05, 4.69) is 68.3 Å². The van der Waals surface area contributed by atoms with Crippen LogP contribution in [0, 0.1) is 0 Å². The quantitative estimate of drug-likeness (QED) is 0.215. The van der Waals surface area contributed by atoms with E-state index in [0.717, 1.165) is 42.7 Å². The summed E-state index contributed by atoms with van der Waals surface area (Å²) in [5.74, 6) is 1.56. The van der Waals surface area contributed by atoms with E-state index in [1.54, 1.807) is 14.2 Å². The van der Waals surface area contributed by atoms with E-state index in [1.165, 1.54) is 0 Å². The Labute approximate surface area is 211 Å². The Balaban J connectivity index is 1.81. The number of benzene rings is 4. The summed E-state index contributed by atoms with van der Waals surface area (Å²) in [4.78, 5) is 0. The molecule has 0 radical (unpaired) electrons. The van der Waals surface area contributed by atoms with Crippen molar-refractivity contribution >= 4 is 31.9 Å². The van der Waals surface area contributed by atoms with Crippen LogP contribution < -0.4 is 9.47 Å². The number of hydrogen-bond acceptors (Lipinski definition) is 3. The maximum absolute atomic E-state index is 6.93. The first kappa shape index (κ1) is 23.6. The molecule has 0 bridgehead atoms. The van der Waals surface area contributed by atoms with Crippen LogP contribution in [0.1, 0.15) is 34.5 Å². The lowest BCUT2D eigenvalue weighted by Crippen LogP contribution is -2.13. The lowest BCUT2D eigenvalue weighted by molar-refractivity contribution is 0.0307. The number of halogens is 2. The predicted molar refractivity (Wildman–Crippen MR) is 139 cm³/mol. The lowest BCUT2D eigenvalue weighted by Gasteiger charge is -2.27. The summed E-state index contributed by atoms with van der Waals surface area (Å²) < 4.78 is 19.6. The average Bonchev–Trinajstić information content (AvgIpc) is 2.86. The minimum absolute atomic E-state index is 0.292. The van der Waals surface area contributed by atoms with Crippen molar-refractivity contribution in [2.24, 2.45) is 0 Å². The van der Waals surface area contributed by atoms with E-state index in [9.17, 15) is 0 Å². The van der Waals surface area contributed by atoms with Crippen molar-refractivity contribution in [3.63, 3.8) is 0 Å². The monoisotopic (exact) mass is 566 g/mol. The van der Waals surface area contributed by atoms with Gasteiger partial charge in [-0.2, -0.15) is 0 Å². The largest absolute Gasteiger partial charge is 0.496 e. The van der Waals surface area contributed by atoms with Crippen LogP contribution in [0.4, 0.5) is 0 Å². The molecule has 2 atom stereocenters. The molecule has 4 aromatic carbocycles. The van der Waals surface area contributed by atoms with Gasteiger partial charge in [0.1, 0.15) is 23.7 Å². The molecule has 0 fully saturated rings. The van der Waals surface area contributed by atoms with Gasteiger partial charge in [0.05, 0.1) is 23.2 Å². The molecule has 5 heteroatoms. The van der Waals surface area contributed by atoms with Gasteiger partial charge in [0.15, 0.2) is 0 Å². The third kappa shape index (κ3) is 5.49. The van der Waals surface area contributed by atoms with Crippen LogP contribution >= 0.6 is 31.9 Å². The smallest absolute Gasteiger partial charge is 0.133 e. The van der Waals surface area contributed by atoms with Gasteiger partial charge in [0.2, 0.25) is 0 Å². The van der Waals surface area contributed by atoms with Gasteiger partial charge in [-0.1, -0.05) is 72.8 Å². The molecule has 0 aliphatic rings. The molecule has 0 aromatic heterocycles. The van der Waals surface area contributed by atoms with Gasteiger partial charge in [-0.15, -0.1) is 0 Å². The highest BCUT2D eigenvalue weighted by Gasteiger charge is 2.24. The van der Waals surface area contributed by atoms with E-state index >= 15 is 0 Å². The Hall–Kier alpha value is -2.60. The first-order valence-electron chi connectivity index (χ1n) is 10.5. The van der Waals surface area contributed by atoms with Gasteiger partial charge in [-0.3, -0.25) is 0 Å². The van der Waals surface area contributed by atoms with Crippen LogP contribution in [0.5, 0.6) is 11.5 Å². The van der Waals surface area contributed by atoms with E-state index < -0.39 is 0 Å². The Kier molecular flexibility index (Phi) is 7.86. The summed E-state index contributed by atoms with van der Waals surface area (Å²) in [6.45, 7) is 0. The normalized spacial score (nSPS) is 12.7. The molecule has 0 saturated carbocycles. The van der Waals surface area contributed by atoms with Gasteiger partial charge >= 0.3 is 0 Å². The standard InChI is InChI=1S/C28H24Br2O3/c1-31-25-15-13-21(17-23(25)29)27(19-9-5-3-6-10-19)33-28(20-11-7-4-8-12-20)22-14-16-26(32-2)24(30)18-22/h3-18,27-28H,1-2H3. The fraction of sp³-hybridized carbons (Fsp3) is 0.143. The molecule has 0 amide bonds. The minimum atomic E-state index is -0.292. The second kappa shape index (κ2) is 11.0. The summed E-state index contributed by atoms with van der Waals surface area (Å²) in [6.07, 6.45) is -0.584. The highest BCUT2D eigenvalue weighted by Crippen LogP contribution is 2.39. The maximum Gasteiger partial charge on any atom is 0.133 e. The SMILES string of the molecule is COc1ccc(C(OC(c2ccccc2)c2ccc(OC)c(Br)c2)c2ccccc2)cc1Br. The maximum atomic E-state index is 6.93. The third-order valence-corrected chi connectivity index (χ3v) is 6.67. The number of methoxy groups -OCH3 is 2. The molecule has 4 aromatic rings. The van der Waals surface area contributed by atoms with E-state index in [-0.39, 0.29) is 12.2 Å². The second-order valence-corrected chi connectivity index (χ2v) is 9.21. The van der Waals surface area contributed by atoms with Crippen molar-refractivity contribution in [2.75, 3.05) is 14.2 Å². The Morgan fingerprint density at radius 1 is 0.515 bits per heavy atom. The first-order valence-corrected chi connectivity index (χ1v) is 12.1. The van der Waals surface area contributed by atoms with Gasteiger partial charge in [-0.25, -0.2) is 0 Å². The summed E-state index contributed by atoms with van der Waals surface area (Å²) in [5, 5.41) is 0. The topological polar surface area (TPSA) is 27.7 Å². The molecule has 4 rings (SSSR count). The van der Waals surface area contributed by atoms with E-state index in [0.29, 0.717) is 0 Å². The van der Waals surface area contributed by atoms with Crippen LogP contribution in [-0.4, -0.2) is 14.2 Å². The predicted octanol–water partition coefficient (Wildman–Crippen LogP) is 8.12. The Morgan fingerprint density at radius 2 is 0.909 bits per heavy atom. The van der Waals surface area contributed by atoms with Gasteiger partial charge in [0.25, 0.3) is 0 Å². The van der Waals surface area contributed by atoms with Crippen LogP contribution in [0.3, 0.4) is 0 Å². The third-order valence-electron chi connectivity index (χ3n) is 5.43. The zero-order valence-electron chi connectivity index (χ0n) is 18.4. The fourth-order valence-electron chi connectivity index (χ4n) is 3.78. The number of ether oxygens (including phenoxy) is 3. The minimum Gasteiger partial charge on any atom is -0.496 e. The molecule has 168 valence electrons. The van der Waals surface area contributed by atoms with E-state index in [1.807, 2.05) is 60.7 Å². The Morgan fingerprint density at radius 3 is 1.24 bits per heavy atom. The average molecular weight is 568 g/mol. The van der Waals surface area contributed by atoms with Crippen molar-refractivity contribution in [1.82, 2.24) is 0 Å². The summed E-state index contributed by atoms with van der Waals surface area (Å²) >= 11 is 7.26. The molecule has 3 nitrogen and oxygen atoms in total. The van der Waals surface area contributed by atoms with E-state index in [4.69, 9.17) is 14.2 Å². The zero-order chi connectivity index (χ0) is 23.2. The molecule has 0 aliphatic carbocycles. The van der Waals surface area contributed by atoms with Crippen molar-refractivity contribution in [3.8, 4) is 11.5 Å². The van der Waals surface area contributed by atoms with Gasteiger partial charge in [-0.05, 0) is 78.4 Å². The van der Waals surface area contributed by atoms with Crippen molar-refractivity contribution in [1.29, 1.82) is 0 Å². The van der Waals surface area contributed by atoms with Gasteiger partial charge in [0, 0.05) is 0 Å². The van der Waals surface area contributed by atoms with Crippen LogP contribution in [-0.2, 0) is 4.74 Å². The molecular formula is C28H24Br2O3. The van der Waals surface area contributed by atoms with Crippen LogP contribution in [0.25, 0.3) is 0 Å². The lowest BCUT2D eigenvalue weighted by atomic mass is 9.98. The molecule has 0 saturated heterocycles. The molecule has 0 N–H and O–H groups in total. The zero-order valence-corrected chi connectivity index (χ0v) is 21.5. The summed E-state index contributed by atoms with van der Waals surface area (Å²) in [7, 11) is 3.33. The number of rotatable bonds is 8. The second-order valence-electron chi connectivity index (χ2n) is 7.51. The highest BCUT2D eigenvalue weighted by molar-refractivity contribution is 9.10. The van der Waals surface area contributed by atoms with Crippen LogP contribution in [0.15, 0.2) is 106 Å². The highest BCUT2D eigenvalue weighted by atomic mass is 79.9. The molecule has 0 heterocycles. The van der Waals surface area contributed by atoms with Crippen molar-refractivity contribution in [2.45, 2.75) is 12.2 Å². The number of hydrogen-bond donors (Lipinski definition) is 0. The summed E-state index contributed by atoms with van der Waals surface area (Å²) in [5.41, 5.74) is 4.20. The van der Waals surface area contributed by atoms with Crippen molar-refractivity contribution in [3.05, 3.63) is 128 Å². The molecule has 2 unspecified atom stereocenters. The molecule has 33 heavy (non-hydrogen) atoms. The van der Waals surface area contributed by atoms with Crippen molar-refractivity contribution < 1.29 is 14.2 Å². The first-order chi connectivity index (χ1) is 16.1.